The standard InChI is InChI=1S/C24H23F3N2O4/c1-28(18-7-3-2-4-8-18)20-12-11-16(13-21(20)29(30)31)23-14-17(15-32-23)19-9-5-6-10-22(19)33-24(25,26)27/h5-6,9-15,18H,2-4,7-8H2,1H3. The molecular formula is C24H23F3N2O4. The van der Waals surface area contributed by atoms with E-state index in [4.69, 9.17) is 4.42 Å². The van der Waals surface area contributed by atoms with Crippen molar-refractivity contribution < 1.29 is 27.2 Å². The lowest BCUT2D eigenvalue weighted by Gasteiger charge is -2.32. The van der Waals surface area contributed by atoms with Crippen LogP contribution in [0.15, 0.2) is 59.2 Å². The van der Waals surface area contributed by atoms with Crippen LogP contribution < -0.4 is 9.64 Å². The van der Waals surface area contributed by atoms with Crippen LogP contribution in [0, 0.1) is 10.1 Å². The number of hydrogen-bond acceptors (Lipinski definition) is 5. The van der Waals surface area contributed by atoms with Crippen molar-refractivity contribution in [2.24, 2.45) is 0 Å². The quantitative estimate of drug-likeness (QED) is 0.288. The summed E-state index contributed by atoms with van der Waals surface area (Å²) in [5.41, 5.74) is 1.53. The molecule has 1 aliphatic rings. The van der Waals surface area contributed by atoms with E-state index in [9.17, 15) is 23.3 Å². The molecule has 0 saturated heterocycles. The lowest BCUT2D eigenvalue weighted by molar-refractivity contribution is -0.384. The Morgan fingerprint density at radius 1 is 1.06 bits per heavy atom. The number of benzene rings is 2. The molecule has 1 fully saturated rings. The van der Waals surface area contributed by atoms with Crippen LogP contribution in [0.5, 0.6) is 5.75 Å². The average Bonchev–Trinajstić information content (AvgIpc) is 3.28. The highest BCUT2D eigenvalue weighted by Gasteiger charge is 2.32. The van der Waals surface area contributed by atoms with Crippen molar-refractivity contribution in [3.63, 3.8) is 0 Å². The third kappa shape index (κ3) is 5.13. The smallest absolute Gasteiger partial charge is 0.464 e. The van der Waals surface area contributed by atoms with Gasteiger partial charge in [0.1, 0.15) is 17.2 Å². The molecule has 1 saturated carbocycles. The van der Waals surface area contributed by atoms with Gasteiger partial charge in [-0.05, 0) is 37.1 Å². The molecule has 0 unspecified atom stereocenters. The Kier molecular flexibility index (Phi) is 6.31. The molecule has 3 aromatic rings. The van der Waals surface area contributed by atoms with E-state index in [-0.39, 0.29) is 23.0 Å². The van der Waals surface area contributed by atoms with Gasteiger partial charge in [0.25, 0.3) is 5.69 Å². The molecule has 0 bridgehead atoms. The second kappa shape index (κ2) is 9.17. The van der Waals surface area contributed by atoms with Gasteiger partial charge in [-0.2, -0.15) is 0 Å². The number of anilines is 1. The first-order valence-corrected chi connectivity index (χ1v) is 10.7. The molecule has 0 N–H and O–H groups in total. The van der Waals surface area contributed by atoms with Crippen molar-refractivity contribution in [3.05, 3.63) is 64.9 Å². The second-order valence-corrected chi connectivity index (χ2v) is 8.11. The third-order valence-electron chi connectivity index (χ3n) is 5.98. The van der Waals surface area contributed by atoms with Gasteiger partial charge in [0.2, 0.25) is 0 Å². The van der Waals surface area contributed by atoms with Crippen molar-refractivity contribution in [1.82, 2.24) is 0 Å². The summed E-state index contributed by atoms with van der Waals surface area (Å²) in [6.07, 6.45) is 1.87. The van der Waals surface area contributed by atoms with Crippen LogP contribution in [-0.4, -0.2) is 24.4 Å². The summed E-state index contributed by atoms with van der Waals surface area (Å²) in [5, 5.41) is 11.8. The molecule has 0 aliphatic heterocycles. The molecule has 0 amide bonds. The van der Waals surface area contributed by atoms with Crippen LogP contribution in [0.2, 0.25) is 0 Å². The Labute approximate surface area is 188 Å². The normalized spacial score (nSPS) is 14.8. The summed E-state index contributed by atoms with van der Waals surface area (Å²) in [7, 11) is 1.88. The topological polar surface area (TPSA) is 68.8 Å². The van der Waals surface area contributed by atoms with E-state index in [2.05, 4.69) is 4.74 Å². The maximum absolute atomic E-state index is 12.8. The molecule has 174 valence electrons. The van der Waals surface area contributed by atoms with E-state index >= 15 is 0 Å². The van der Waals surface area contributed by atoms with E-state index in [0.717, 1.165) is 25.7 Å². The van der Waals surface area contributed by atoms with Crippen molar-refractivity contribution in [2.75, 3.05) is 11.9 Å². The fourth-order valence-electron chi connectivity index (χ4n) is 4.33. The maximum Gasteiger partial charge on any atom is 0.573 e. The Hall–Kier alpha value is -3.49. The van der Waals surface area contributed by atoms with E-state index in [1.54, 1.807) is 24.3 Å². The van der Waals surface area contributed by atoms with Crippen LogP contribution in [0.4, 0.5) is 24.5 Å². The SMILES string of the molecule is CN(c1ccc(-c2cc(-c3ccccc3OC(F)(F)F)co2)cc1[N+](=O)[O-])C1CCCCC1. The summed E-state index contributed by atoms with van der Waals surface area (Å²) in [4.78, 5) is 13.4. The van der Waals surface area contributed by atoms with E-state index in [1.165, 1.54) is 36.9 Å². The van der Waals surface area contributed by atoms with Crippen molar-refractivity contribution in [2.45, 2.75) is 44.5 Å². The Morgan fingerprint density at radius 2 is 1.79 bits per heavy atom. The number of nitro benzene ring substituents is 1. The fourth-order valence-corrected chi connectivity index (χ4v) is 4.33. The van der Waals surface area contributed by atoms with Gasteiger partial charge in [-0.15, -0.1) is 13.2 Å². The lowest BCUT2D eigenvalue weighted by Crippen LogP contribution is -2.33. The van der Waals surface area contributed by atoms with Gasteiger partial charge in [0.15, 0.2) is 0 Å². The first-order valence-electron chi connectivity index (χ1n) is 10.7. The minimum absolute atomic E-state index is 0.0423. The van der Waals surface area contributed by atoms with E-state index in [0.29, 0.717) is 22.6 Å². The summed E-state index contributed by atoms with van der Waals surface area (Å²) in [6, 6.07) is 12.4. The number of nitrogens with zero attached hydrogens (tertiary/aromatic N) is 2. The number of furan rings is 1. The first-order chi connectivity index (χ1) is 15.7. The van der Waals surface area contributed by atoms with Crippen LogP contribution in [0.25, 0.3) is 22.5 Å². The molecule has 0 radical (unpaired) electrons. The molecule has 2 aromatic carbocycles. The van der Waals surface area contributed by atoms with Crippen LogP contribution >= 0.6 is 0 Å². The maximum atomic E-state index is 12.8. The van der Waals surface area contributed by atoms with Crippen LogP contribution in [0.1, 0.15) is 32.1 Å². The number of halogens is 3. The van der Waals surface area contributed by atoms with Crippen LogP contribution in [0.3, 0.4) is 0 Å². The predicted octanol–water partition coefficient (Wildman–Crippen LogP) is 7.19. The zero-order valence-electron chi connectivity index (χ0n) is 18.0. The summed E-state index contributed by atoms with van der Waals surface area (Å²) in [5.74, 6) is -0.0467. The molecule has 0 spiro atoms. The molecule has 1 heterocycles. The summed E-state index contributed by atoms with van der Waals surface area (Å²) < 4.78 is 47.9. The summed E-state index contributed by atoms with van der Waals surface area (Å²) >= 11 is 0. The van der Waals surface area contributed by atoms with Crippen molar-refractivity contribution in [3.8, 4) is 28.2 Å². The highest BCUT2D eigenvalue weighted by molar-refractivity contribution is 5.77. The van der Waals surface area contributed by atoms with Crippen LogP contribution in [-0.2, 0) is 0 Å². The molecule has 1 aliphatic carbocycles. The van der Waals surface area contributed by atoms with Crippen molar-refractivity contribution in [1.29, 1.82) is 0 Å². The Bertz CT molecular complexity index is 1140. The number of alkyl halides is 3. The second-order valence-electron chi connectivity index (χ2n) is 8.11. The van der Waals surface area contributed by atoms with E-state index in [1.807, 2.05) is 11.9 Å². The third-order valence-corrected chi connectivity index (χ3v) is 5.98. The largest absolute Gasteiger partial charge is 0.573 e. The average molecular weight is 460 g/mol. The van der Waals surface area contributed by atoms with Gasteiger partial charge in [0, 0.05) is 35.8 Å². The zero-order valence-corrected chi connectivity index (χ0v) is 18.0. The minimum Gasteiger partial charge on any atom is -0.464 e. The monoisotopic (exact) mass is 460 g/mol. The number of nitro groups is 1. The number of para-hydroxylation sites is 1. The molecule has 9 heteroatoms. The predicted molar refractivity (Wildman–Crippen MR) is 118 cm³/mol. The Balaban J connectivity index is 1.65. The Morgan fingerprint density at radius 3 is 2.48 bits per heavy atom. The molecule has 4 rings (SSSR count). The molecular weight excluding hydrogens is 437 g/mol. The van der Waals surface area contributed by atoms with Gasteiger partial charge in [0.05, 0.1) is 11.2 Å². The van der Waals surface area contributed by atoms with E-state index < -0.39 is 11.3 Å². The molecule has 0 atom stereocenters. The molecule has 33 heavy (non-hydrogen) atoms. The lowest BCUT2D eigenvalue weighted by atomic mass is 9.94. The fraction of sp³-hybridized carbons (Fsp3) is 0.333. The van der Waals surface area contributed by atoms with Gasteiger partial charge in [-0.3, -0.25) is 10.1 Å². The highest BCUT2D eigenvalue weighted by atomic mass is 19.4. The molecule has 1 aromatic heterocycles. The zero-order chi connectivity index (χ0) is 23.6. The number of hydrogen-bond donors (Lipinski definition) is 0. The van der Waals surface area contributed by atoms with Gasteiger partial charge in [-0.25, -0.2) is 0 Å². The molecule has 6 nitrogen and oxygen atoms in total. The number of ether oxygens (including phenoxy) is 1. The van der Waals surface area contributed by atoms with Gasteiger partial charge < -0.3 is 14.1 Å². The van der Waals surface area contributed by atoms with Gasteiger partial charge >= 0.3 is 6.36 Å². The summed E-state index contributed by atoms with van der Waals surface area (Å²) in [6.45, 7) is 0. The van der Waals surface area contributed by atoms with Crippen molar-refractivity contribution >= 4 is 11.4 Å². The minimum atomic E-state index is -4.83. The number of rotatable bonds is 6. The van der Waals surface area contributed by atoms with Gasteiger partial charge in [-0.1, -0.05) is 37.5 Å². The highest BCUT2D eigenvalue weighted by Crippen LogP contribution is 2.39. The first kappa shape index (κ1) is 22.7.